The van der Waals surface area contributed by atoms with Crippen molar-refractivity contribution >= 4 is 0 Å². The molecular formula is C26H48N4. The molecule has 0 saturated heterocycles. The van der Waals surface area contributed by atoms with Crippen LogP contribution in [-0.2, 0) is 0 Å². The number of azo groups is 1. The lowest BCUT2D eigenvalue weighted by molar-refractivity contribution is 0.301. The van der Waals surface area contributed by atoms with E-state index in [4.69, 9.17) is 10.2 Å². The fourth-order valence-electron chi connectivity index (χ4n) is 4.23. The van der Waals surface area contributed by atoms with E-state index in [-0.39, 0.29) is 0 Å². The van der Waals surface area contributed by atoms with Crippen LogP contribution in [0.1, 0.15) is 131 Å². The number of nitriles is 2. The lowest BCUT2D eigenvalue weighted by atomic mass is 9.82. The number of hydrogen-bond acceptors (Lipinski definition) is 4. The van der Waals surface area contributed by atoms with Crippen molar-refractivity contribution in [3.8, 4) is 12.1 Å². The second-order valence-corrected chi connectivity index (χ2v) is 9.60. The molecule has 0 heterocycles. The third-order valence-electron chi connectivity index (χ3n) is 6.21. The molecular weight excluding hydrogens is 368 g/mol. The summed E-state index contributed by atoms with van der Waals surface area (Å²) < 4.78 is 0. The van der Waals surface area contributed by atoms with E-state index < -0.39 is 11.1 Å². The SMILES string of the molecule is CCCCC(C)CC(C#N)(CCCC)N=NC(C#N)(CCCC)CC(C)CCCC. The Bertz CT molecular complexity index is 496. The standard InChI is InChI=1S/C26H48N4/c1-7-11-15-23(5)19-25(21-27,17-13-9-3)29-30-26(22-28,18-14-10-4)20-24(6)16-12-8-2/h23-24H,7-20H2,1-6H3. The molecule has 0 N–H and O–H groups in total. The van der Waals surface area contributed by atoms with Crippen LogP contribution in [0.3, 0.4) is 0 Å². The lowest BCUT2D eigenvalue weighted by Gasteiger charge is -2.29. The number of nitrogens with zero attached hydrogens (tertiary/aromatic N) is 4. The highest BCUT2D eigenvalue weighted by molar-refractivity contribution is 5.11. The average molecular weight is 417 g/mol. The minimum Gasteiger partial charge on any atom is -0.196 e. The van der Waals surface area contributed by atoms with Crippen LogP contribution in [0, 0.1) is 34.5 Å². The first-order valence-corrected chi connectivity index (χ1v) is 12.6. The number of unbranched alkanes of at least 4 members (excludes halogenated alkanes) is 4. The molecule has 4 heteroatoms. The monoisotopic (exact) mass is 416 g/mol. The molecule has 0 amide bonds. The van der Waals surface area contributed by atoms with Crippen molar-refractivity contribution < 1.29 is 0 Å². The topological polar surface area (TPSA) is 72.3 Å². The van der Waals surface area contributed by atoms with Crippen molar-refractivity contribution in [2.45, 2.75) is 143 Å². The largest absolute Gasteiger partial charge is 0.196 e. The maximum absolute atomic E-state index is 10.1. The zero-order valence-electron chi connectivity index (χ0n) is 20.8. The van der Waals surface area contributed by atoms with Crippen molar-refractivity contribution in [2.24, 2.45) is 22.1 Å². The first-order valence-electron chi connectivity index (χ1n) is 12.6. The normalized spacial score (nSPS) is 17.6. The molecule has 0 aliphatic carbocycles. The number of rotatable bonds is 18. The van der Waals surface area contributed by atoms with E-state index >= 15 is 0 Å². The highest BCUT2D eigenvalue weighted by Crippen LogP contribution is 2.34. The van der Waals surface area contributed by atoms with E-state index in [9.17, 15) is 10.5 Å². The summed E-state index contributed by atoms with van der Waals surface area (Å²) in [5.74, 6) is 0.882. The van der Waals surface area contributed by atoms with Crippen LogP contribution in [0.2, 0.25) is 0 Å². The third kappa shape index (κ3) is 11.1. The van der Waals surface area contributed by atoms with Gasteiger partial charge in [-0.1, -0.05) is 106 Å². The van der Waals surface area contributed by atoms with Crippen LogP contribution in [-0.4, -0.2) is 11.1 Å². The van der Waals surface area contributed by atoms with Gasteiger partial charge in [-0.3, -0.25) is 0 Å². The van der Waals surface area contributed by atoms with Crippen molar-refractivity contribution in [2.75, 3.05) is 0 Å². The van der Waals surface area contributed by atoms with Gasteiger partial charge in [0, 0.05) is 0 Å². The second-order valence-electron chi connectivity index (χ2n) is 9.60. The van der Waals surface area contributed by atoms with Gasteiger partial charge in [-0.05, 0) is 37.5 Å². The summed E-state index contributed by atoms with van der Waals surface area (Å²) in [6.07, 6.45) is 13.9. The maximum atomic E-state index is 10.1. The van der Waals surface area contributed by atoms with Crippen LogP contribution < -0.4 is 0 Å². The van der Waals surface area contributed by atoms with E-state index in [2.05, 4.69) is 53.7 Å². The van der Waals surface area contributed by atoms with Crippen molar-refractivity contribution in [1.82, 2.24) is 0 Å². The Balaban J connectivity index is 5.74. The van der Waals surface area contributed by atoms with Crippen LogP contribution in [0.25, 0.3) is 0 Å². The molecule has 0 fully saturated rings. The Labute approximate surface area is 187 Å². The molecule has 0 radical (unpaired) electrons. The van der Waals surface area contributed by atoms with E-state index in [1.54, 1.807) is 0 Å². The highest BCUT2D eigenvalue weighted by Gasteiger charge is 2.36. The molecule has 30 heavy (non-hydrogen) atoms. The Hall–Kier alpha value is -1.42. The van der Waals surface area contributed by atoms with Gasteiger partial charge in [0.05, 0.1) is 12.1 Å². The highest BCUT2D eigenvalue weighted by atomic mass is 15.2. The van der Waals surface area contributed by atoms with Gasteiger partial charge in [-0.25, -0.2) is 0 Å². The molecule has 0 aromatic carbocycles. The Kier molecular flexibility index (Phi) is 15.5. The zero-order valence-corrected chi connectivity index (χ0v) is 20.8. The van der Waals surface area contributed by atoms with Gasteiger partial charge >= 0.3 is 0 Å². The summed E-state index contributed by atoms with van der Waals surface area (Å²) in [5.41, 5.74) is -1.58. The molecule has 0 saturated carbocycles. The summed E-state index contributed by atoms with van der Waals surface area (Å²) in [6, 6.07) is 5.06. The molecule has 0 rings (SSSR count). The van der Waals surface area contributed by atoms with Gasteiger partial charge in [0.1, 0.15) is 0 Å². The lowest BCUT2D eigenvalue weighted by Crippen LogP contribution is -2.31. The minimum atomic E-state index is -0.788. The van der Waals surface area contributed by atoms with Crippen LogP contribution in [0.15, 0.2) is 10.2 Å². The molecule has 0 aliphatic heterocycles. The van der Waals surface area contributed by atoms with E-state index in [1.165, 1.54) is 25.7 Å². The molecule has 0 spiro atoms. The molecule has 0 aromatic heterocycles. The molecule has 4 unspecified atom stereocenters. The van der Waals surface area contributed by atoms with Crippen molar-refractivity contribution in [1.29, 1.82) is 10.5 Å². The summed E-state index contributed by atoms with van der Waals surface area (Å²) in [5, 5.41) is 29.7. The van der Waals surface area contributed by atoms with Gasteiger partial charge in [0.15, 0.2) is 11.1 Å². The van der Waals surface area contributed by atoms with Gasteiger partial charge < -0.3 is 0 Å². The van der Waals surface area contributed by atoms with Gasteiger partial charge in [-0.2, -0.15) is 20.8 Å². The summed E-state index contributed by atoms with van der Waals surface area (Å²) in [4.78, 5) is 0. The second kappa shape index (κ2) is 16.3. The van der Waals surface area contributed by atoms with Crippen LogP contribution in [0.5, 0.6) is 0 Å². The maximum Gasteiger partial charge on any atom is 0.167 e. The van der Waals surface area contributed by atoms with Crippen molar-refractivity contribution in [3.63, 3.8) is 0 Å². The predicted octanol–water partition coefficient (Wildman–Crippen LogP) is 8.78. The molecule has 172 valence electrons. The summed E-state index contributed by atoms with van der Waals surface area (Å²) in [7, 11) is 0. The third-order valence-corrected chi connectivity index (χ3v) is 6.21. The van der Waals surface area contributed by atoms with Crippen molar-refractivity contribution in [3.05, 3.63) is 0 Å². The average Bonchev–Trinajstić information content (AvgIpc) is 2.76. The van der Waals surface area contributed by atoms with Crippen LogP contribution >= 0.6 is 0 Å². The van der Waals surface area contributed by atoms with Crippen LogP contribution in [0.4, 0.5) is 0 Å². The quantitative estimate of drug-likeness (QED) is 0.209. The first kappa shape index (κ1) is 28.6. The van der Waals surface area contributed by atoms with Gasteiger partial charge in [0.25, 0.3) is 0 Å². The Morgan fingerprint density at radius 2 is 0.967 bits per heavy atom. The molecule has 0 bridgehead atoms. The summed E-state index contributed by atoms with van der Waals surface area (Å²) in [6.45, 7) is 13.2. The fourth-order valence-corrected chi connectivity index (χ4v) is 4.23. The predicted molar refractivity (Wildman–Crippen MR) is 127 cm³/mol. The summed E-state index contributed by atoms with van der Waals surface area (Å²) >= 11 is 0. The zero-order chi connectivity index (χ0) is 22.9. The van der Waals surface area contributed by atoms with Gasteiger partial charge in [0.2, 0.25) is 0 Å². The van der Waals surface area contributed by atoms with E-state index in [0.717, 1.165) is 64.2 Å². The van der Waals surface area contributed by atoms with E-state index in [0.29, 0.717) is 11.8 Å². The smallest absolute Gasteiger partial charge is 0.167 e. The molecule has 0 aliphatic rings. The minimum absolute atomic E-state index is 0.441. The molecule has 0 aromatic rings. The molecule has 4 nitrogen and oxygen atoms in total. The fraction of sp³-hybridized carbons (Fsp3) is 0.923. The number of hydrogen-bond donors (Lipinski definition) is 0. The van der Waals surface area contributed by atoms with E-state index in [1.807, 2.05) is 0 Å². The Morgan fingerprint density at radius 3 is 1.23 bits per heavy atom. The molecule has 4 atom stereocenters. The first-order chi connectivity index (χ1) is 14.4. The Morgan fingerprint density at radius 1 is 0.633 bits per heavy atom. The van der Waals surface area contributed by atoms with Gasteiger partial charge in [-0.15, -0.1) is 0 Å².